The van der Waals surface area contributed by atoms with Gasteiger partial charge in [0.05, 0.1) is 28.7 Å². The summed E-state index contributed by atoms with van der Waals surface area (Å²) in [4.78, 5) is 33.0. The van der Waals surface area contributed by atoms with Crippen LogP contribution in [0.4, 0.5) is 8.78 Å². The van der Waals surface area contributed by atoms with E-state index in [1.807, 2.05) is 26.8 Å². The van der Waals surface area contributed by atoms with Gasteiger partial charge in [-0.25, -0.2) is 8.78 Å². The fourth-order valence-corrected chi connectivity index (χ4v) is 5.82. The van der Waals surface area contributed by atoms with Crippen molar-refractivity contribution in [3.8, 4) is 11.3 Å². The summed E-state index contributed by atoms with van der Waals surface area (Å²) < 4.78 is 32.8. The van der Waals surface area contributed by atoms with Crippen molar-refractivity contribution in [3.05, 3.63) is 71.7 Å². The molecule has 1 aromatic carbocycles. The largest absolute Gasteiger partial charge is 0.390 e. The zero-order valence-electron chi connectivity index (χ0n) is 23.4. The van der Waals surface area contributed by atoms with Crippen LogP contribution in [0.1, 0.15) is 68.9 Å². The molecule has 0 atom stereocenters. The van der Waals surface area contributed by atoms with Crippen LogP contribution in [-0.4, -0.2) is 62.2 Å². The Kier molecular flexibility index (Phi) is 7.69. The maximum absolute atomic E-state index is 14.3. The predicted molar refractivity (Wildman–Crippen MR) is 147 cm³/mol. The van der Waals surface area contributed by atoms with Crippen LogP contribution in [0.5, 0.6) is 0 Å². The molecule has 1 aliphatic carbocycles. The van der Waals surface area contributed by atoms with Gasteiger partial charge in [-0.1, -0.05) is 11.2 Å². The fourth-order valence-electron chi connectivity index (χ4n) is 5.82. The lowest BCUT2D eigenvalue weighted by atomic mass is 9.78. The van der Waals surface area contributed by atoms with Crippen molar-refractivity contribution in [1.82, 2.24) is 25.7 Å². The van der Waals surface area contributed by atoms with Crippen molar-refractivity contribution in [2.45, 2.75) is 75.6 Å². The maximum Gasteiger partial charge on any atom is 0.274 e. The van der Waals surface area contributed by atoms with E-state index in [-0.39, 0.29) is 35.4 Å². The Morgan fingerprint density at radius 3 is 2.56 bits per heavy atom. The zero-order chi connectivity index (χ0) is 29.4. The average Bonchev–Trinajstić information content (AvgIpc) is 3.37. The third-order valence-electron chi connectivity index (χ3n) is 8.21. The van der Waals surface area contributed by atoms with Crippen LogP contribution in [0.2, 0.25) is 0 Å². The van der Waals surface area contributed by atoms with Gasteiger partial charge in [0.2, 0.25) is 5.91 Å². The van der Waals surface area contributed by atoms with Gasteiger partial charge in [0.25, 0.3) is 5.91 Å². The van der Waals surface area contributed by atoms with Crippen molar-refractivity contribution in [3.63, 3.8) is 0 Å². The number of nitrogens with zero attached hydrogens (tertiary/aromatic N) is 3. The zero-order valence-corrected chi connectivity index (χ0v) is 23.4. The predicted octanol–water partition coefficient (Wildman–Crippen LogP) is 3.93. The lowest BCUT2D eigenvalue weighted by Crippen LogP contribution is -2.73. The first-order valence-electron chi connectivity index (χ1n) is 13.8. The highest BCUT2D eigenvalue weighted by Crippen LogP contribution is 2.36. The van der Waals surface area contributed by atoms with E-state index < -0.39 is 34.2 Å². The van der Waals surface area contributed by atoms with Crippen LogP contribution >= 0.6 is 0 Å². The molecule has 3 heterocycles. The number of amides is 2. The minimum Gasteiger partial charge on any atom is -0.390 e. The Morgan fingerprint density at radius 1 is 1.17 bits per heavy atom. The topological polar surface area (TPSA) is 121 Å². The Balaban J connectivity index is 1.31. The van der Waals surface area contributed by atoms with Gasteiger partial charge in [-0.05, 0) is 70.2 Å². The summed E-state index contributed by atoms with van der Waals surface area (Å²) in [6.07, 6.45) is 6.43. The molecule has 218 valence electrons. The van der Waals surface area contributed by atoms with Gasteiger partial charge in [-0.3, -0.25) is 19.5 Å². The summed E-state index contributed by atoms with van der Waals surface area (Å²) in [5, 5.41) is 20.2. The van der Waals surface area contributed by atoms with Gasteiger partial charge in [0.1, 0.15) is 11.6 Å². The maximum atomic E-state index is 14.3. The molecule has 9 nitrogen and oxygen atoms in total. The number of likely N-dealkylation sites (tertiary alicyclic amines) is 1. The highest BCUT2D eigenvalue weighted by atomic mass is 19.1. The van der Waals surface area contributed by atoms with Gasteiger partial charge in [0, 0.05) is 43.7 Å². The number of aromatic nitrogens is 2. The van der Waals surface area contributed by atoms with E-state index in [0.29, 0.717) is 25.9 Å². The quantitative estimate of drug-likeness (QED) is 0.377. The fraction of sp³-hybridized carbons (Fsp3) is 0.467. The molecular formula is C30H35F2N5O4. The second-order valence-corrected chi connectivity index (χ2v) is 12.2. The highest BCUT2D eigenvalue weighted by molar-refractivity contribution is 5.94. The molecule has 2 fully saturated rings. The number of rotatable bonds is 8. The van der Waals surface area contributed by atoms with Crippen LogP contribution in [0.25, 0.3) is 11.3 Å². The standard InChI is InChI=1S/C30H35F2N5O4/c1-28(2,19-5-4-12-33-16-19)34-26(38)15-30(17-37(18-30)21-8-10-29(3,40)11-9-21)35-27(39)24-14-25(41-36-24)22-7-6-20(31)13-23(22)32/h4-7,12-14,16,21,40H,8-11,15,17-18H2,1-3H3,(H,34,38)(H,35,39). The summed E-state index contributed by atoms with van der Waals surface area (Å²) in [5.41, 5.74) is -1.47. The lowest BCUT2D eigenvalue weighted by Gasteiger charge is -2.54. The molecule has 0 bridgehead atoms. The number of halogens is 2. The number of aliphatic hydroxyl groups is 1. The van der Waals surface area contributed by atoms with Gasteiger partial charge in [-0.2, -0.15) is 0 Å². The Labute approximate surface area is 237 Å². The monoisotopic (exact) mass is 567 g/mol. The van der Waals surface area contributed by atoms with Crippen molar-refractivity contribution >= 4 is 11.8 Å². The molecule has 3 aromatic rings. The molecule has 1 saturated carbocycles. The molecule has 41 heavy (non-hydrogen) atoms. The van der Waals surface area contributed by atoms with Crippen LogP contribution in [0, 0.1) is 11.6 Å². The van der Waals surface area contributed by atoms with Gasteiger partial charge in [0.15, 0.2) is 11.5 Å². The SMILES string of the molecule is CC1(O)CCC(N2CC(CC(=O)NC(C)(C)c3cccnc3)(NC(=O)c3cc(-c4ccc(F)cc4F)on3)C2)CC1. The highest BCUT2D eigenvalue weighted by Gasteiger charge is 2.49. The first-order chi connectivity index (χ1) is 19.3. The first kappa shape index (κ1) is 28.8. The average molecular weight is 568 g/mol. The molecule has 1 saturated heterocycles. The summed E-state index contributed by atoms with van der Waals surface area (Å²) >= 11 is 0. The van der Waals surface area contributed by atoms with Crippen LogP contribution < -0.4 is 10.6 Å². The van der Waals surface area contributed by atoms with Crippen molar-refractivity contribution < 1.29 is 28.0 Å². The molecule has 5 rings (SSSR count). The molecule has 1 aliphatic heterocycles. The van der Waals surface area contributed by atoms with Crippen molar-refractivity contribution in [1.29, 1.82) is 0 Å². The number of hydrogen-bond acceptors (Lipinski definition) is 7. The third kappa shape index (κ3) is 6.46. The molecule has 2 aromatic heterocycles. The summed E-state index contributed by atoms with van der Waals surface area (Å²) in [6, 6.07) is 8.27. The van der Waals surface area contributed by atoms with Crippen LogP contribution in [0.15, 0.2) is 53.3 Å². The summed E-state index contributed by atoms with van der Waals surface area (Å²) in [6.45, 7) is 6.52. The molecule has 0 spiro atoms. The van der Waals surface area contributed by atoms with E-state index >= 15 is 0 Å². The second-order valence-electron chi connectivity index (χ2n) is 12.2. The second kappa shape index (κ2) is 10.9. The molecule has 3 N–H and O–H groups in total. The lowest BCUT2D eigenvalue weighted by molar-refractivity contribution is -0.127. The number of benzene rings is 1. The van der Waals surface area contributed by atoms with E-state index in [1.54, 1.807) is 18.5 Å². The molecular weight excluding hydrogens is 532 g/mol. The Hall–Kier alpha value is -3.70. The van der Waals surface area contributed by atoms with Gasteiger partial charge in [-0.15, -0.1) is 0 Å². The van der Waals surface area contributed by atoms with Crippen molar-refractivity contribution in [2.24, 2.45) is 0 Å². The van der Waals surface area contributed by atoms with E-state index in [0.717, 1.165) is 30.5 Å². The molecule has 0 radical (unpaired) electrons. The summed E-state index contributed by atoms with van der Waals surface area (Å²) in [5.74, 6) is -2.37. The minimum atomic E-state index is -0.869. The van der Waals surface area contributed by atoms with E-state index in [4.69, 9.17) is 4.52 Å². The third-order valence-corrected chi connectivity index (χ3v) is 8.21. The van der Waals surface area contributed by atoms with Gasteiger partial charge >= 0.3 is 0 Å². The summed E-state index contributed by atoms with van der Waals surface area (Å²) in [7, 11) is 0. The first-order valence-corrected chi connectivity index (χ1v) is 13.8. The number of nitrogens with one attached hydrogen (secondary N) is 2. The number of pyridine rings is 1. The number of carbonyl (C=O) groups is 2. The smallest absolute Gasteiger partial charge is 0.274 e. The minimum absolute atomic E-state index is 0.0119. The Morgan fingerprint density at radius 2 is 1.90 bits per heavy atom. The van der Waals surface area contributed by atoms with E-state index in [1.165, 1.54) is 12.1 Å². The van der Waals surface area contributed by atoms with E-state index in [9.17, 15) is 23.5 Å². The molecule has 2 aliphatic rings. The Bertz CT molecular complexity index is 1410. The molecule has 0 unspecified atom stereocenters. The van der Waals surface area contributed by atoms with Gasteiger partial charge < -0.3 is 20.3 Å². The van der Waals surface area contributed by atoms with Crippen LogP contribution in [-0.2, 0) is 10.3 Å². The normalized spacial score (nSPS) is 22.5. The molecule has 11 heteroatoms. The number of carbonyl (C=O) groups excluding carboxylic acids is 2. The van der Waals surface area contributed by atoms with Crippen molar-refractivity contribution in [2.75, 3.05) is 13.1 Å². The van der Waals surface area contributed by atoms with E-state index in [2.05, 4.69) is 25.7 Å². The molecule has 2 amide bonds. The van der Waals surface area contributed by atoms with Crippen LogP contribution in [0.3, 0.4) is 0 Å². The number of hydrogen-bond donors (Lipinski definition) is 3.